The molecule has 3 nitrogen and oxygen atoms in total. The van der Waals surface area contributed by atoms with Gasteiger partial charge in [-0.3, -0.25) is 4.79 Å². The van der Waals surface area contributed by atoms with Crippen LogP contribution in [-0.2, 0) is 0 Å². The smallest absolute Gasteiger partial charge is 0.252 e. The largest absolute Gasteiger partial charge is 0.495 e. The highest BCUT2D eigenvalue weighted by molar-refractivity contribution is 6.67. The van der Waals surface area contributed by atoms with Crippen LogP contribution in [0.4, 0.5) is 4.39 Å². The first-order valence-corrected chi connectivity index (χ1v) is 3.95. The predicted octanol–water partition coefficient (Wildman–Crippen LogP) is 2.08. The third-order valence-corrected chi connectivity index (χ3v) is 1.83. The Bertz CT molecular complexity index is 426. The fourth-order valence-corrected chi connectivity index (χ4v) is 1.07. The van der Waals surface area contributed by atoms with E-state index in [1.54, 1.807) is 6.07 Å². The molecule has 72 valence electrons. The fraction of sp³-hybridized carbons (Fsp3) is 0.111. The molecule has 1 aromatic carbocycles. The van der Waals surface area contributed by atoms with Gasteiger partial charge in [-0.25, -0.2) is 4.39 Å². The lowest BCUT2D eigenvalue weighted by Gasteiger charge is -2.04. The lowest BCUT2D eigenvalue weighted by molar-refractivity contribution is 0.108. The van der Waals surface area contributed by atoms with Crippen LogP contribution in [0.25, 0.3) is 0 Å². The fourth-order valence-electron chi connectivity index (χ4n) is 0.964. The lowest BCUT2D eigenvalue weighted by Crippen LogP contribution is -1.97. The molecule has 0 aliphatic heterocycles. The van der Waals surface area contributed by atoms with Crippen molar-refractivity contribution in [1.29, 1.82) is 5.26 Å². The Balaban J connectivity index is 3.40. The van der Waals surface area contributed by atoms with Crippen LogP contribution in [0.2, 0.25) is 0 Å². The van der Waals surface area contributed by atoms with Crippen molar-refractivity contribution in [2.24, 2.45) is 0 Å². The number of carbonyl (C=O) groups excluding carboxylic acids is 1. The van der Waals surface area contributed by atoms with Gasteiger partial charge >= 0.3 is 0 Å². The average Bonchev–Trinajstić information content (AvgIpc) is 2.16. The molecule has 0 aliphatic rings. The Labute approximate surface area is 84.7 Å². The minimum absolute atomic E-state index is 0.00324. The van der Waals surface area contributed by atoms with Crippen LogP contribution in [0.5, 0.6) is 5.75 Å². The first kappa shape index (κ1) is 10.5. The van der Waals surface area contributed by atoms with Crippen molar-refractivity contribution in [3.05, 3.63) is 29.1 Å². The normalized spacial score (nSPS) is 9.29. The van der Waals surface area contributed by atoms with Crippen LogP contribution >= 0.6 is 11.6 Å². The van der Waals surface area contributed by atoms with E-state index in [1.165, 1.54) is 13.2 Å². The number of ether oxygens (including phenoxy) is 1. The summed E-state index contributed by atoms with van der Waals surface area (Å²) >= 11 is 5.16. The molecule has 0 atom stereocenters. The Morgan fingerprint density at radius 1 is 1.64 bits per heavy atom. The van der Waals surface area contributed by atoms with Gasteiger partial charge in [0.25, 0.3) is 5.24 Å². The van der Waals surface area contributed by atoms with E-state index < -0.39 is 11.1 Å². The van der Waals surface area contributed by atoms with E-state index >= 15 is 0 Å². The topological polar surface area (TPSA) is 50.1 Å². The summed E-state index contributed by atoms with van der Waals surface area (Å²) in [7, 11) is 1.28. The highest BCUT2D eigenvalue weighted by atomic mass is 35.5. The van der Waals surface area contributed by atoms with Crippen molar-refractivity contribution in [1.82, 2.24) is 0 Å². The van der Waals surface area contributed by atoms with Gasteiger partial charge in [0.15, 0.2) is 0 Å². The van der Waals surface area contributed by atoms with Crippen molar-refractivity contribution in [2.45, 2.75) is 0 Å². The zero-order valence-corrected chi connectivity index (χ0v) is 7.93. The molecule has 1 aromatic rings. The Hall–Kier alpha value is -1.60. The van der Waals surface area contributed by atoms with E-state index in [0.717, 1.165) is 6.07 Å². The molecule has 5 heteroatoms. The predicted molar refractivity (Wildman–Crippen MR) is 47.9 cm³/mol. The number of nitrogens with zero attached hydrogens (tertiary/aromatic N) is 1. The van der Waals surface area contributed by atoms with Crippen molar-refractivity contribution >= 4 is 16.8 Å². The maximum Gasteiger partial charge on any atom is 0.252 e. The summed E-state index contributed by atoms with van der Waals surface area (Å²) in [6, 6.07) is 3.74. The number of nitriles is 1. The number of carbonyl (C=O) groups is 1. The molecule has 0 saturated heterocycles. The van der Waals surface area contributed by atoms with Gasteiger partial charge in [-0.05, 0) is 23.7 Å². The summed E-state index contributed by atoms with van der Waals surface area (Å²) in [5.74, 6) is -0.827. The minimum Gasteiger partial charge on any atom is -0.495 e. The molecular weight excluding hydrogens is 209 g/mol. The Kier molecular flexibility index (Phi) is 3.05. The number of hydrogen-bond donors (Lipinski definition) is 0. The molecule has 0 aliphatic carbocycles. The molecule has 0 fully saturated rings. The third-order valence-electron chi connectivity index (χ3n) is 1.61. The number of benzene rings is 1. The Morgan fingerprint density at radius 3 is 2.71 bits per heavy atom. The maximum atomic E-state index is 13.1. The van der Waals surface area contributed by atoms with Crippen molar-refractivity contribution in [3.8, 4) is 11.8 Å². The second-order valence-corrected chi connectivity index (χ2v) is 2.76. The molecule has 0 N–H and O–H groups in total. The molecule has 0 amide bonds. The van der Waals surface area contributed by atoms with Gasteiger partial charge in [0, 0.05) is 5.56 Å². The zero-order chi connectivity index (χ0) is 10.7. The summed E-state index contributed by atoms with van der Waals surface area (Å²) in [6.45, 7) is 0. The van der Waals surface area contributed by atoms with E-state index in [-0.39, 0.29) is 16.9 Å². The van der Waals surface area contributed by atoms with Crippen LogP contribution in [0.15, 0.2) is 12.1 Å². The van der Waals surface area contributed by atoms with E-state index in [0.29, 0.717) is 0 Å². The Morgan fingerprint density at radius 2 is 2.29 bits per heavy atom. The SMILES string of the molecule is COc1cc(C(=O)Cl)cc(F)c1C#N. The van der Waals surface area contributed by atoms with E-state index in [2.05, 4.69) is 0 Å². The van der Waals surface area contributed by atoms with Crippen LogP contribution in [0.3, 0.4) is 0 Å². The summed E-state index contributed by atoms with van der Waals surface area (Å²) < 4.78 is 17.9. The molecule has 0 radical (unpaired) electrons. The second kappa shape index (κ2) is 4.07. The highest BCUT2D eigenvalue weighted by Crippen LogP contribution is 2.23. The quantitative estimate of drug-likeness (QED) is 0.707. The monoisotopic (exact) mass is 213 g/mol. The van der Waals surface area contributed by atoms with Crippen molar-refractivity contribution in [3.63, 3.8) is 0 Å². The number of methoxy groups -OCH3 is 1. The standard InChI is InChI=1S/C9H5ClFNO2/c1-14-8-3-5(9(10)13)2-7(11)6(8)4-12/h2-3H,1H3. The molecule has 0 unspecified atom stereocenters. The molecule has 0 bridgehead atoms. The second-order valence-electron chi connectivity index (χ2n) is 2.42. The summed E-state index contributed by atoms with van der Waals surface area (Å²) in [6.07, 6.45) is 0. The molecule has 0 spiro atoms. The molecular formula is C9H5ClFNO2. The van der Waals surface area contributed by atoms with Gasteiger partial charge in [0.1, 0.15) is 23.2 Å². The summed E-state index contributed by atoms with van der Waals surface area (Å²) in [5, 5.41) is 7.77. The van der Waals surface area contributed by atoms with Crippen LogP contribution in [0.1, 0.15) is 15.9 Å². The highest BCUT2D eigenvalue weighted by Gasteiger charge is 2.13. The number of halogens is 2. The van der Waals surface area contributed by atoms with E-state index in [1.807, 2.05) is 0 Å². The molecule has 0 heterocycles. The average molecular weight is 214 g/mol. The lowest BCUT2D eigenvalue weighted by atomic mass is 10.1. The van der Waals surface area contributed by atoms with Gasteiger partial charge in [0.2, 0.25) is 0 Å². The van der Waals surface area contributed by atoms with Gasteiger partial charge in [-0.1, -0.05) is 0 Å². The zero-order valence-electron chi connectivity index (χ0n) is 7.17. The first-order valence-electron chi connectivity index (χ1n) is 3.57. The number of hydrogen-bond acceptors (Lipinski definition) is 3. The van der Waals surface area contributed by atoms with Gasteiger partial charge < -0.3 is 4.74 Å². The van der Waals surface area contributed by atoms with Crippen molar-refractivity contribution in [2.75, 3.05) is 7.11 Å². The van der Waals surface area contributed by atoms with E-state index in [4.69, 9.17) is 21.6 Å². The first-order chi connectivity index (χ1) is 6.60. The summed E-state index contributed by atoms with van der Waals surface area (Å²) in [4.78, 5) is 10.7. The van der Waals surface area contributed by atoms with Gasteiger partial charge in [-0.15, -0.1) is 0 Å². The maximum absolute atomic E-state index is 13.1. The van der Waals surface area contributed by atoms with Crippen LogP contribution in [0, 0.1) is 17.1 Å². The number of rotatable bonds is 2. The van der Waals surface area contributed by atoms with Gasteiger partial charge in [-0.2, -0.15) is 5.26 Å². The summed E-state index contributed by atoms with van der Waals surface area (Å²) in [5.41, 5.74) is -0.283. The van der Waals surface area contributed by atoms with Crippen LogP contribution < -0.4 is 4.74 Å². The minimum atomic E-state index is -0.823. The molecule has 0 saturated carbocycles. The third kappa shape index (κ3) is 1.83. The van der Waals surface area contributed by atoms with Crippen molar-refractivity contribution < 1.29 is 13.9 Å². The van der Waals surface area contributed by atoms with Crippen LogP contribution in [-0.4, -0.2) is 12.4 Å². The molecule has 14 heavy (non-hydrogen) atoms. The molecule has 0 aromatic heterocycles. The molecule has 1 rings (SSSR count). The van der Waals surface area contributed by atoms with Gasteiger partial charge in [0.05, 0.1) is 7.11 Å². The van der Waals surface area contributed by atoms with E-state index in [9.17, 15) is 9.18 Å².